The van der Waals surface area contributed by atoms with Gasteiger partial charge in [0.25, 0.3) is 11.8 Å². The third-order valence-electron chi connectivity index (χ3n) is 3.31. The molecule has 0 aromatic heterocycles. The summed E-state index contributed by atoms with van der Waals surface area (Å²) in [4.78, 5) is 25.3. The maximum atomic E-state index is 12.4. The van der Waals surface area contributed by atoms with E-state index in [4.69, 9.17) is 10.4 Å². The average molecular weight is 424 g/mol. The van der Waals surface area contributed by atoms with E-state index in [9.17, 15) is 9.59 Å². The highest BCUT2D eigenvalue weighted by Gasteiger charge is 2.39. The monoisotopic (exact) mass is 424 g/mol. The van der Waals surface area contributed by atoms with Gasteiger partial charge in [-0.15, -0.1) is 0 Å². The zero-order chi connectivity index (χ0) is 17.0. The number of hydrogen-bond acceptors (Lipinski definition) is 6. The second kappa shape index (κ2) is 7.43. The van der Waals surface area contributed by atoms with E-state index >= 15 is 0 Å². The number of nitrogens with zero attached hydrogens (tertiary/aromatic N) is 4. The summed E-state index contributed by atoms with van der Waals surface area (Å²) >= 11 is 2.16. The summed E-state index contributed by atoms with van der Waals surface area (Å²) in [6.45, 7) is 0.962. The lowest BCUT2D eigenvalue weighted by atomic mass is 9.97. The Kier molecular flexibility index (Phi) is 5.57. The summed E-state index contributed by atoms with van der Waals surface area (Å²) in [6, 6.07) is 7.96. The number of aliphatic hydroxyl groups is 1. The molecule has 23 heavy (non-hydrogen) atoms. The fourth-order valence-electron chi connectivity index (χ4n) is 2.09. The van der Waals surface area contributed by atoms with Gasteiger partial charge in [0.05, 0.1) is 18.8 Å². The topological polar surface area (TPSA) is 106 Å². The van der Waals surface area contributed by atoms with Crippen molar-refractivity contribution in [2.75, 3.05) is 13.2 Å². The number of benzene rings is 1. The Balaban J connectivity index is 2.37. The molecule has 0 aliphatic carbocycles. The van der Waals surface area contributed by atoms with Gasteiger partial charge in [-0.25, -0.2) is 0 Å². The summed E-state index contributed by atoms with van der Waals surface area (Å²) < 4.78 is 1.04. The van der Waals surface area contributed by atoms with E-state index in [2.05, 4.69) is 32.8 Å². The van der Waals surface area contributed by atoms with E-state index in [1.807, 2.05) is 12.1 Å². The first-order valence-electron chi connectivity index (χ1n) is 6.73. The largest absolute Gasteiger partial charge is 0.395 e. The molecule has 2 rings (SSSR count). The number of hydrogen-bond donors (Lipinski definition) is 1. The summed E-state index contributed by atoms with van der Waals surface area (Å²) in [5.74, 6) is -1.29. The van der Waals surface area contributed by atoms with Crippen molar-refractivity contribution in [1.29, 1.82) is 5.26 Å². The van der Waals surface area contributed by atoms with Crippen molar-refractivity contribution in [2.45, 2.75) is 13.0 Å². The molecule has 0 saturated carbocycles. The summed E-state index contributed by atoms with van der Waals surface area (Å²) in [7, 11) is 0. The molecule has 0 radical (unpaired) electrons. The molecular formula is C15H13IN4O3. The molecule has 1 aliphatic rings. The molecule has 1 aliphatic heterocycles. The van der Waals surface area contributed by atoms with E-state index in [1.54, 1.807) is 18.2 Å². The average Bonchev–Trinajstić information content (AvgIpc) is 2.53. The minimum Gasteiger partial charge on any atom is -0.395 e. The van der Waals surface area contributed by atoms with Crippen LogP contribution in [0.3, 0.4) is 0 Å². The molecule has 7 nitrogen and oxygen atoms in total. The van der Waals surface area contributed by atoms with Gasteiger partial charge in [-0.05, 0) is 59.4 Å². The number of azo groups is 1. The van der Waals surface area contributed by atoms with Crippen LogP contribution in [0.1, 0.15) is 6.92 Å². The predicted octanol–water partition coefficient (Wildman–Crippen LogP) is 1.94. The lowest BCUT2D eigenvalue weighted by Gasteiger charge is -2.28. The van der Waals surface area contributed by atoms with Crippen molar-refractivity contribution < 1.29 is 14.7 Å². The van der Waals surface area contributed by atoms with E-state index in [-0.39, 0.29) is 24.3 Å². The van der Waals surface area contributed by atoms with Gasteiger partial charge in [0, 0.05) is 3.57 Å². The number of amides is 2. The number of rotatable bonds is 4. The Morgan fingerprint density at radius 1 is 1.35 bits per heavy atom. The number of nitriles is 1. The van der Waals surface area contributed by atoms with Crippen LogP contribution in [0.4, 0.5) is 5.69 Å². The third-order valence-corrected chi connectivity index (χ3v) is 4.03. The summed E-state index contributed by atoms with van der Waals surface area (Å²) in [6.07, 6.45) is 0. The van der Waals surface area contributed by atoms with Gasteiger partial charge >= 0.3 is 0 Å². The lowest BCUT2D eigenvalue weighted by Crippen LogP contribution is -2.49. The number of carbonyl (C=O) groups excluding carboxylic acids is 2. The second-order valence-electron chi connectivity index (χ2n) is 4.78. The quantitative estimate of drug-likeness (QED) is 0.453. The van der Waals surface area contributed by atoms with Crippen molar-refractivity contribution >= 4 is 40.1 Å². The molecule has 1 aromatic rings. The van der Waals surface area contributed by atoms with Crippen LogP contribution in [-0.2, 0) is 9.59 Å². The Labute approximate surface area is 146 Å². The van der Waals surface area contributed by atoms with Crippen LogP contribution in [0, 0.1) is 14.9 Å². The Hall–Kier alpha value is -2.12. The van der Waals surface area contributed by atoms with E-state index < -0.39 is 17.9 Å². The minimum atomic E-state index is -1.03. The zero-order valence-electron chi connectivity index (χ0n) is 12.2. The van der Waals surface area contributed by atoms with E-state index in [1.165, 1.54) is 6.92 Å². The van der Waals surface area contributed by atoms with Crippen molar-refractivity contribution in [1.82, 2.24) is 4.90 Å². The van der Waals surface area contributed by atoms with Crippen molar-refractivity contribution in [2.24, 2.45) is 10.2 Å². The molecule has 0 bridgehead atoms. The lowest BCUT2D eigenvalue weighted by molar-refractivity contribution is -0.144. The first-order valence-corrected chi connectivity index (χ1v) is 7.81. The first-order chi connectivity index (χ1) is 11.0. The molecule has 1 heterocycles. The van der Waals surface area contributed by atoms with Crippen LogP contribution >= 0.6 is 22.6 Å². The number of β-amino-alcohol motifs (C(OH)–C–C–N with tert-alkyl or cyclic N) is 1. The maximum Gasteiger partial charge on any atom is 0.271 e. The van der Waals surface area contributed by atoms with Crippen LogP contribution in [0.15, 0.2) is 45.6 Å². The van der Waals surface area contributed by atoms with Gasteiger partial charge in [-0.1, -0.05) is 0 Å². The standard InChI is InChI=1S/C15H13IN4O3/c1-9-12(8-17)14(22)20(6-7-21)15(23)13(9)19-18-11-4-2-10(16)3-5-11/h2-5,13,21H,6-7H2,1H3. The second-order valence-corrected chi connectivity index (χ2v) is 6.03. The number of imide groups is 1. The molecule has 118 valence electrons. The van der Waals surface area contributed by atoms with Crippen molar-refractivity contribution in [3.8, 4) is 6.07 Å². The van der Waals surface area contributed by atoms with Crippen LogP contribution in [0.2, 0.25) is 0 Å². The molecule has 0 saturated heterocycles. The smallest absolute Gasteiger partial charge is 0.271 e. The minimum absolute atomic E-state index is 0.135. The molecular weight excluding hydrogens is 411 g/mol. The van der Waals surface area contributed by atoms with Gasteiger partial charge in [0.1, 0.15) is 11.6 Å². The maximum absolute atomic E-state index is 12.4. The summed E-state index contributed by atoms with van der Waals surface area (Å²) in [5, 5.41) is 26.2. The Morgan fingerprint density at radius 3 is 2.57 bits per heavy atom. The van der Waals surface area contributed by atoms with Crippen LogP contribution in [0.25, 0.3) is 0 Å². The summed E-state index contributed by atoms with van der Waals surface area (Å²) in [5.41, 5.74) is 0.700. The van der Waals surface area contributed by atoms with E-state index in [0.29, 0.717) is 5.69 Å². The Bertz CT molecular complexity index is 734. The van der Waals surface area contributed by atoms with Crippen LogP contribution in [-0.4, -0.2) is 41.0 Å². The van der Waals surface area contributed by atoms with Crippen molar-refractivity contribution in [3.05, 3.63) is 39.0 Å². The van der Waals surface area contributed by atoms with Gasteiger partial charge in [-0.2, -0.15) is 15.5 Å². The van der Waals surface area contributed by atoms with Gasteiger partial charge < -0.3 is 5.11 Å². The Morgan fingerprint density at radius 2 is 2.00 bits per heavy atom. The van der Waals surface area contributed by atoms with E-state index in [0.717, 1.165) is 8.47 Å². The molecule has 2 amide bonds. The third kappa shape index (κ3) is 3.62. The van der Waals surface area contributed by atoms with Crippen LogP contribution in [0.5, 0.6) is 0 Å². The van der Waals surface area contributed by atoms with Gasteiger partial charge in [0.15, 0.2) is 6.04 Å². The van der Waals surface area contributed by atoms with Crippen molar-refractivity contribution in [3.63, 3.8) is 0 Å². The number of aliphatic hydroxyl groups excluding tert-OH is 1. The highest BCUT2D eigenvalue weighted by molar-refractivity contribution is 14.1. The SMILES string of the molecule is CC1=C(C#N)C(=O)N(CCO)C(=O)C1N=Nc1ccc(I)cc1. The molecule has 8 heteroatoms. The van der Waals surface area contributed by atoms with Gasteiger partial charge in [-0.3, -0.25) is 14.5 Å². The van der Waals surface area contributed by atoms with Gasteiger partial charge in [0.2, 0.25) is 0 Å². The fraction of sp³-hybridized carbons (Fsp3) is 0.267. The van der Waals surface area contributed by atoms with Crippen LogP contribution < -0.4 is 0 Å². The molecule has 0 fully saturated rings. The zero-order valence-corrected chi connectivity index (χ0v) is 14.4. The highest BCUT2D eigenvalue weighted by Crippen LogP contribution is 2.24. The predicted molar refractivity (Wildman–Crippen MR) is 89.6 cm³/mol. The molecule has 1 N–H and O–H groups in total. The normalized spacial score (nSPS) is 18.7. The highest BCUT2D eigenvalue weighted by atomic mass is 127. The number of carbonyl (C=O) groups is 2. The fourth-order valence-corrected chi connectivity index (χ4v) is 2.45. The molecule has 0 spiro atoms. The molecule has 1 unspecified atom stereocenters. The molecule has 1 aromatic carbocycles. The molecule has 1 atom stereocenters. The first kappa shape index (κ1) is 17.2. The number of halogens is 1.